The molecule has 3 N–H and O–H groups in total. The Hall–Kier alpha value is -3.02. The SMILES string of the molecule is CN=C(NCCOc1ccccc1C)NCCc1cccc(C(=O)NC)c1. The second kappa shape index (κ2) is 10.9. The van der Waals surface area contributed by atoms with Crippen molar-refractivity contribution in [3.05, 3.63) is 65.2 Å². The summed E-state index contributed by atoms with van der Waals surface area (Å²) in [7, 11) is 3.37. The van der Waals surface area contributed by atoms with E-state index in [0.717, 1.165) is 35.8 Å². The van der Waals surface area contributed by atoms with Gasteiger partial charge in [0.2, 0.25) is 0 Å². The number of nitrogens with one attached hydrogen (secondary N) is 3. The van der Waals surface area contributed by atoms with Crippen LogP contribution in [0.3, 0.4) is 0 Å². The summed E-state index contributed by atoms with van der Waals surface area (Å²) in [6, 6.07) is 15.6. The van der Waals surface area contributed by atoms with Crippen molar-refractivity contribution in [2.24, 2.45) is 4.99 Å². The number of nitrogens with zero attached hydrogens (tertiary/aromatic N) is 1. The molecule has 0 heterocycles. The molecule has 0 saturated heterocycles. The molecule has 2 rings (SSSR count). The zero-order valence-electron chi connectivity index (χ0n) is 16.2. The van der Waals surface area contributed by atoms with E-state index in [0.29, 0.717) is 18.7 Å². The molecule has 0 saturated carbocycles. The summed E-state index contributed by atoms with van der Waals surface area (Å²) in [6.07, 6.45) is 0.797. The molecule has 0 fully saturated rings. The Kier molecular flexibility index (Phi) is 8.16. The topological polar surface area (TPSA) is 74.8 Å². The minimum absolute atomic E-state index is 0.0732. The highest BCUT2D eigenvalue weighted by molar-refractivity contribution is 5.94. The predicted octanol–water partition coefficient (Wildman–Crippen LogP) is 2.14. The average Bonchev–Trinajstić information content (AvgIpc) is 2.70. The third-order valence-corrected chi connectivity index (χ3v) is 4.09. The zero-order valence-corrected chi connectivity index (χ0v) is 16.2. The van der Waals surface area contributed by atoms with Gasteiger partial charge < -0.3 is 20.7 Å². The minimum Gasteiger partial charge on any atom is -0.491 e. The van der Waals surface area contributed by atoms with Crippen LogP contribution in [0.5, 0.6) is 5.75 Å². The molecule has 2 aromatic carbocycles. The van der Waals surface area contributed by atoms with Gasteiger partial charge >= 0.3 is 0 Å². The molecule has 2 aromatic rings. The number of aliphatic imine (C=N–C) groups is 1. The van der Waals surface area contributed by atoms with Crippen molar-refractivity contribution in [2.75, 3.05) is 33.8 Å². The fourth-order valence-electron chi connectivity index (χ4n) is 2.61. The first-order valence-electron chi connectivity index (χ1n) is 9.08. The second-order valence-corrected chi connectivity index (χ2v) is 6.07. The van der Waals surface area contributed by atoms with Gasteiger partial charge in [-0.2, -0.15) is 0 Å². The van der Waals surface area contributed by atoms with Crippen LogP contribution in [0.4, 0.5) is 0 Å². The molecular formula is C21H28N4O2. The number of amides is 1. The zero-order chi connectivity index (χ0) is 19.5. The van der Waals surface area contributed by atoms with Gasteiger partial charge in [-0.1, -0.05) is 30.3 Å². The van der Waals surface area contributed by atoms with E-state index < -0.39 is 0 Å². The van der Waals surface area contributed by atoms with Crippen molar-refractivity contribution >= 4 is 11.9 Å². The number of para-hydroxylation sites is 1. The summed E-state index contributed by atoms with van der Waals surface area (Å²) in [6.45, 7) is 3.96. The number of hydrogen-bond donors (Lipinski definition) is 3. The van der Waals surface area contributed by atoms with Crippen molar-refractivity contribution < 1.29 is 9.53 Å². The lowest BCUT2D eigenvalue weighted by atomic mass is 10.1. The van der Waals surface area contributed by atoms with Crippen molar-refractivity contribution in [3.63, 3.8) is 0 Å². The first kappa shape index (κ1) is 20.3. The molecule has 0 radical (unpaired) electrons. The molecule has 0 bridgehead atoms. The second-order valence-electron chi connectivity index (χ2n) is 6.07. The van der Waals surface area contributed by atoms with Gasteiger partial charge in [0.15, 0.2) is 5.96 Å². The third-order valence-electron chi connectivity index (χ3n) is 4.09. The van der Waals surface area contributed by atoms with Crippen molar-refractivity contribution in [2.45, 2.75) is 13.3 Å². The van der Waals surface area contributed by atoms with Crippen LogP contribution in [-0.2, 0) is 6.42 Å². The third kappa shape index (κ3) is 6.66. The number of guanidine groups is 1. The quantitative estimate of drug-likeness (QED) is 0.379. The van der Waals surface area contributed by atoms with E-state index in [4.69, 9.17) is 4.74 Å². The number of aryl methyl sites for hydroxylation is 1. The summed E-state index contributed by atoms with van der Waals surface area (Å²) in [4.78, 5) is 15.9. The highest BCUT2D eigenvalue weighted by Crippen LogP contribution is 2.15. The number of hydrogen-bond acceptors (Lipinski definition) is 3. The monoisotopic (exact) mass is 368 g/mol. The lowest BCUT2D eigenvalue weighted by Crippen LogP contribution is -2.40. The molecule has 0 aromatic heterocycles. The summed E-state index contributed by atoms with van der Waals surface area (Å²) >= 11 is 0. The van der Waals surface area contributed by atoms with E-state index in [9.17, 15) is 4.79 Å². The van der Waals surface area contributed by atoms with Gasteiger partial charge in [0.05, 0.1) is 6.54 Å². The predicted molar refractivity (Wildman–Crippen MR) is 110 cm³/mol. The van der Waals surface area contributed by atoms with Gasteiger partial charge in [-0.15, -0.1) is 0 Å². The number of carbonyl (C=O) groups is 1. The van der Waals surface area contributed by atoms with Crippen LogP contribution in [0.15, 0.2) is 53.5 Å². The van der Waals surface area contributed by atoms with E-state index in [1.165, 1.54) is 0 Å². The summed E-state index contributed by atoms with van der Waals surface area (Å²) in [5.41, 5.74) is 2.90. The van der Waals surface area contributed by atoms with Crippen LogP contribution < -0.4 is 20.7 Å². The molecule has 6 nitrogen and oxygen atoms in total. The molecule has 0 aliphatic rings. The number of rotatable bonds is 8. The van der Waals surface area contributed by atoms with Crippen LogP contribution in [0.25, 0.3) is 0 Å². The van der Waals surface area contributed by atoms with Crippen LogP contribution in [-0.4, -0.2) is 45.7 Å². The smallest absolute Gasteiger partial charge is 0.251 e. The van der Waals surface area contributed by atoms with Crippen molar-refractivity contribution in [1.82, 2.24) is 16.0 Å². The Balaban J connectivity index is 1.71. The summed E-state index contributed by atoms with van der Waals surface area (Å²) < 4.78 is 5.77. The Morgan fingerprint density at radius 3 is 2.59 bits per heavy atom. The molecule has 0 spiro atoms. The van der Waals surface area contributed by atoms with Gasteiger partial charge in [-0.25, -0.2) is 0 Å². The molecule has 0 aliphatic carbocycles. The Morgan fingerprint density at radius 2 is 1.85 bits per heavy atom. The van der Waals surface area contributed by atoms with Crippen LogP contribution in [0.2, 0.25) is 0 Å². The van der Waals surface area contributed by atoms with Crippen molar-refractivity contribution in [1.29, 1.82) is 0 Å². The van der Waals surface area contributed by atoms with Crippen LogP contribution in [0.1, 0.15) is 21.5 Å². The number of ether oxygens (including phenoxy) is 1. The number of benzene rings is 2. The van der Waals surface area contributed by atoms with E-state index in [1.807, 2.05) is 55.5 Å². The minimum atomic E-state index is -0.0732. The van der Waals surface area contributed by atoms with Gasteiger partial charge in [0.25, 0.3) is 5.91 Å². The molecule has 6 heteroatoms. The lowest BCUT2D eigenvalue weighted by Gasteiger charge is -2.13. The van der Waals surface area contributed by atoms with Gasteiger partial charge in [0.1, 0.15) is 12.4 Å². The normalized spacial score (nSPS) is 11.0. The highest BCUT2D eigenvalue weighted by atomic mass is 16.5. The largest absolute Gasteiger partial charge is 0.491 e. The average molecular weight is 368 g/mol. The first-order valence-corrected chi connectivity index (χ1v) is 9.08. The molecule has 0 aliphatic heterocycles. The maximum Gasteiger partial charge on any atom is 0.251 e. The van der Waals surface area contributed by atoms with Gasteiger partial charge in [-0.3, -0.25) is 9.79 Å². The van der Waals surface area contributed by atoms with Crippen molar-refractivity contribution in [3.8, 4) is 5.75 Å². The summed E-state index contributed by atoms with van der Waals surface area (Å²) in [5.74, 6) is 1.56. The van der Waals surface area contributed by atoms with E-state index >= 15 is 0 Å². The van der Waals surface area contributed by atoms with E-state index in [1.54, 1.807) is 14.1 Å². The maximum atomic E-state index is 11.7. The Morgan fingerprint density at radius 1 is 1.07 bits per heavy atom. The fourth-order valence-corrected chi connectivity index (χ4v) is 2.61. The molecular weight excluding hydrogens is 340 g/mol. The lowest BCUT2D eigenvalue weighted by molar-refractivity contribution is 0.0963. The molecule has 27 heavy (non-hydrogen) atoms. The molecule has 0 atom stereocenters. The number of carbonyl (C=O) groups excluding carboxylic acids is 1. The Labute approximate surface area is 161 Å². The maximum absolute atomic E-state index is 11.7. The van der Waals surface area contributed by atoms with Crippen LogP contribution in [0, 0.1) is 6.92 Å². The highest BCUT2D eigenvalue weighted by Gasteiger charge is 2.04. The van der Waals surface area contributed by atoms with E-state index in [-0.39, 0.29) is 5.91 Å². The van der Waals surface area contributed by atoms with E-state index in [2.05, 4.69) is 20.9 Å². The molecule has 144 valence electrons. The molecule has 0 unspecified atom stereocenters. The van der Waals surface area contributed by atoms with Crippen LogP contribution >= 0.6 is 0 Å². The Bertz CT molecular complexity index is 774. The standard InChI is InChI=1S/C21H28N4O2/c1-16-7-4-5-10-19(16)27-14-13-25-21(23-3)24-12-11-17-8-6-9-18(15-17)20(26)22-2/h4-10,15H,11-14H2,1-3H3,(H,22,26)(H2,23,24,25). The molecule has 1 amide bonds. The summed E-state index contributed by atoms with van der Waals surface area (Å²) in [5, 5.41) is 9.15. The van der Waals surface area contributed by atoms with Gasteiger partial charge in [-0.05, 0) is 42.7 Å². The fraction of sp³-hybridized carbons (Fsp3) is 0.333. The van der Waals surface area contributed by atoms with Gasteiger partial charge in [0, 0.05) is 26.2 Å². The first-order chi connectivity index (χ1) is 13.1.